The molecule has 2 amide bonds. The van der Waals surface area contributed by atoms with Gasteiger partial charge in [-0.2, -0.15) is 0 Å². The van der Waals surface area contributed by atoms with Crippen LogP contribution in [0, 0.1) is 16.0 Å². The molecule has 0 heterocycles. The van der Waals surface area contributed by atoms with Gasteiger partial charge in [-0.15, -0.1) is 0 Å². The summed E-state index contributed by atoms with van der Waals surface area (Å²) in [5.74, 6) is -1.44. The fourth-order valence-corrected chi connectivity index (χ4v) is 3.28. The average Bonchev–Trinajstić information content (AvgIpc) is 2.85. The molecule has 0 saturated heterocycles. The van der Waals surface area contributed by atoms with Gasteiger partial charge < -0.3 is 24.8 Å². The van der Waals surface area contributed by atoms with Crippen molar-refractivity contribution in [2.24, 2.45) is 5.92 Å². The predicted molar refractivity (Wildman–Crippen MR) is 126 cm³/mol. The number of nitro groups is 1. The molecule has 0 aliphatic heterocycles. The topological polar surface area (TPSA) is 146 Å². The fourth-order valence-electron chi connectivity index (χ4n) is 3.28. The standard InChI is InChI=1S/C24H29N3O8/c1-15(2)21(26-24(30)35-14-16-8-6-5-7-9-16)22(28)25-19(23(29)34-4)13-17-12-18(27(31)32)10-11-20(17)33-3/h5-12,15,19,21H,13-14H2,1-4H3,(H,25,28)(H,26,30)/t19-,21+/m0/s1. The van der Waals surface area contributed by atoms with E-state index in [-0.39, 0.29) is 24.6 Å². The molecule has 35 heavy (non-hydrogen) atoms. The van der Waals surface area contributed by atoms with E-state index in [1.807, 2.05) is 18.2 Å². The van der Waals surface area contributed by atoms with Crippen molar-refractivity contribution in [1.29, 1.82) is 0 Å². The van der Waals surface area contributed by atoms with Crippen molar-refractivity contribution >= 4 is 23.7 Å². The molecule has 0 radical (unpaired) electrons. The molecule has 2 aromatic rings. The molecule has 2 atom stereocenters. The number of hydrogen-bond donors (Lipinski definition) is 2. The molecule has 0 saturated carbocycles. The van der Waals surface area contributed by atoms with E-state index in [0.29, 0.717) is 11.3 Å². The molecule has 0 aromatic heterocycles. The molecule has 188 valence electrons. The third kappa shape index (κ3) is 7.98. The van der Waals surface area contributed by atoms with E-state index >= 15 is 0 Å². The zero-order chi connectivity index (χ0) is 26.0. The Bertz CT molecular complexity index is 1040. The van der Waals surface area contributed by atoms with Crippen LogP contribution in [0.2, 0.25) is 0 Å². The lowest BCUT2D eigenvalue weighted by atomic mass is 10.0. The summed E-state index contributed by atoms with van der Waals surface area (Å²) < 4.78 is 15.2. The summed E-state index contributed by atoms with van der Waals surface area (Å²) in [4.78, 5) is 48.3. The number of rotatable bonds is 11. The molecule has 11 heteroatoms. The van der Waals surface area contributed by atoms with Gasteiger partial charge in [0, 0.05) is 24.1 Å². The Kier molecular flexibility index (Phi) is 10.0. The van der Waals surface area contributed by atoms with Crippen molar-refractivity contribution in [3.05, 3.63) is 69.8 Å². The van der Waals surface area contributed by atoms with Crippen LogP contribution in [-0.2, 0) is 32.1 Å². The highest BCUT2D eigenvalue weighted by Gasteiger charge is 2.30. The molecule has 0 fully saturated rings. The maximum Gasteiger partial charge on any atom is 0.408 e. The molecular formula is C24H29N3O8. The summed E-state index contributed by atoms with van der Waals surface area (Å²) in [7, 11) is 2.54. The molecule has 0 aliphatic carbocycles. The van der Waals surface area contributed by atoms with E-state index in [4.69, 9.17) is 14.2 Å². The SMILES string of the molecule is COC(=O)[C@H](Cc1cc([N+](=O)[O-])ccc1OC)NC(=O)[C@H](NC(=O)OCc1ccccc1)C(C)C. The lowest BCUT2D eigenvalue weighted by Gasteiger charge is -2.24. The van der Waals surface area contributed by atoms with Crippen LogP contribution in [0.15, 0.2) is 48.5 Å². The Morgan fingerprint density at radius 1 is 1.03 bits per heavy atom. The highest BCUT2D eigenvalue weighted by molar-refractivity contribution is 5.90. The maximum atomic E-state index is 13.0. The highest BCUT2D eigenvalue weighted by atomic mass is 16.6. The van der Waals surface area contributed by atoms with E-state index in [0.717, 1.165) is 12.7 Å². The zero-order valence-electron chi connectivity index (χ0n) is 20.0. The first kappa shape index (κ1) is 27.1. The molecule has 2 aromatic carbocycles. The Balaban J connectivity index is 2.14. The molecule has 2 N–H and O–H groups in total. The van der Waals surface area contributed by atoms with Gasteiger partial charge in [-0.1, -0.05) is 44.2 Å². The normalized spacial score (nSPS) is 12.3. The van der Waals surface area contributed by atoms with E-state index in [9.17, 15) is 24.5 Å². The predicted octanol–water partition coefficient (Wildman–Crippen LogP) is 2.75. The number of alkyl carbamates (subject to hydrolysis) is 1. The summed E-state index contributed by atoms with van der Waals surface area (Å²) in [6, 6.07) is 10.8. The Labute approximate surface area is 202 Å². The monoisotopic (exact) mass is 487 g/mol. The summed E-state index contributed by atoms with van der Waals surface area (Å²) in [5.41, 5.74) is 0.914. The van der Waals surface area contributed by atoms with Crippen molar-refractivity contribution in [1.82, 2.24) is 10.6 Å². The van der Waals surface area contributed by atoms with Crippen LogP contribution in [0.5, 0.6) is 5.75 Å². The van der Waals surface area contributed by atoms with Gasteiger partial charge in [0.1, 0.15) is 24.4 Å². The molecule has 0 spiro atoms. The van der Waals surface area contributed by atoms with Crippen molar-refractivity contribution in [3.63, 3.8) is 0 Å². The van der Waals surface area contributed by atoms with Crippen LogP contribution in [0.4, 0.5) is 10.5 Å². The van der Waals surface area contributed by atoms with Crippen molar-refractivity contribution in [3.8, 4) is 5.75 Å². The summed E-state index contributed by atoms with van der Waals surface area (Å²) >= 11 is 0. The van der Waals surface area contributed by atoms with Gasteiger partial charge in [0.15, 0.2) is 0 Å². The quantitative estimate of drug-likeness (QED) is 0.279. The van der Waals surface area contributed by atoms with E-state index in [2.05, 4.69) is 10.6 Å². The Morgan fingerprint density at radius 2 is 1.71 bits per heavy atom. The van der Waals surface area contributed by atoms with Crippen LogP contribution in [0.25, 0.3) is 0 Å². The number of esters is 1. The lowest BCUT2D eigenvalue weighted by molar-refractivity contribution is -0.384. The van der Waals surface area contributed by atoms with Crippen LogP contribution >= 0.6 is 0 Å². The van der Waals surface area contributed by atoms with Gasteiger partial charge in [-0.3, -0.25) is 14.9 Å². The third-order valence-electron chi connectivity index (χ3n) is 5.14. The fraction of sp³-hybridized carbons (Fsp3) is 0.375. The molecule has 11 nitrogen and oxygen atoms in total. The maximum absolute atomic E-state index is 13.0. The number of non-ortho nitro benzene ring substituents is 1. The molecular weight excluding hydrogens is 458 g/mol. The summed E-state index contributed by atoms with van der Waals surface area (Å²) in [5, 5.41) is 16.3. The minimum absolute atomic E-state index is 0.0243. The first-order chi connectivity index (χ1) is 16.7. The number of hydrogen-bond acceptors (Lipinski definition) is 8. The lowest BCUT2D eigenvalue weighted by Crippen LogP contribution is -2.54. The van der Waals surface area contributed by atoms with Crippen LogP contribution < -0.4 is 15.4 Å². The first-order valence-corrected chi connectivity index (χ1v) is 10.8. The van der Waals surface area contributed by atoms with E-state index in [1.54, 1.807) is 26.0 Å². The Morgan fingerprint density at radius 3 is 2.29 bits per heavy atom. The number of nitro benzene ring substituents is 1. The number of methoxy groups -OCH3 is 2. The highest BCUT2D eigenvalue weighted by Crippen LogP contribution is 2.25. The summed E-state index contributed by atoms with van der Waals surface area (Å²) in [6.07, 6.45) is -0.926. The van der Waals surface area contributed by atoms with E-state index in [1.165, 1.54) is 25.3 Å². The second-order valence-electron chi connectivity index (χ2n) is 7.97. The van der Waals surface area contributed by atoms with Gasteiger partial charge in [0.05, 0.1) is 19.1 Å². The molecule has 2 rings (SSSR count). The Hall–Kier alpha value is -4.15. The zero-order valence-corrected chi connectivity index (χ0v) is 20.0. The smallest absolute Gasteiger partial charge is 0.408 e. The number of carbonyl (C=O) groups excluding carboxylic acids is 3. The second kappa shape index (κ2) is 12.9. The minimum Gasteiger partial charge on any atom is -0.496 e. The number of nitrogens with zero attached hydrogens (tertiary/aromatic N) is 1. The van der Waals surface area contributed by atoms with Crippen LogP contribution in [-0.4, -0.2) is 49.2 Å². The van der Waals surface area contributed by atoms with Crippen LogP contribution in [0.1, 0.15) is 25.0 Å². The average molecular weight is 488 g/mol. The molecule has 0 aliphatic rings. The number of carbonyl (C=O) groups is 3. The number of ether oxygens (including phenoxy) is 3. The largest absolute Gasteiger partial charge is 0.496 e. The van der Waals surface area contributed by atoms with Gasteiger partial charge in [0.25, 0.3) is 5.69 Å². The van der Waals surface area contributed by atoms with Crippen molar-refractivity contribution in [2.45, 2.75) is 39.0 Å². The summed E-state index contributed by atoms with van der Waals surface area (Å²) in [6.45, 7) is 3.47. The van der Waals surface area contributed by atoms with Crippen molar-refractivity contribution in [2.75, 3.05) is 14.2 Å². The van der Waals surface area contributed by atoms with Gasteiger partial charge in [0.2, 0.25) is 5.91 Å². The first-order valence-electron chi connectivity index (χ1n) is 10.8. The van der Waals surface area contributed by atoms with Gasteiger partial charge in [-0.05, 0) is 17.5 Å². The molecule has 0 bridgehead atoms. The van der Waals surface area contributed by atoms with Crippen LogP contribution in [0.3, 0.4) is 0 Å². The van der Waals surface area contributed by atoms with Crippen molar-refractivity contribution < 1.29 is 33.5 Å². The van der Waals surface area contributed by atoms with E-state index < -0.39 is 35.0 Å². The second-order valence-corrected chi connectivity index (χ2v) is 7.97. The molecule has 0 unspecified atom stereocenters. The minimum atomic E-state index is -1.19. The van der Waals surface area contributed by atoms with Gasteiger partial charge >= 0.3 is 12.1 Å². The number of nitrogens with one attached hydrogen (secondary N) is 2. The number of benzene rings is 2. The third-order valence-corrected chi connectivity index (χ3v) is 5.14. The number of amides is 2. The van der Waals surface area contributed by atoms with Gasteiger partial charge in [-0.25, -0.2) is 9.59 Å².